The molecule has 0 saturated heterocycles. The molecule has 1 saturated carbocycles. The molecule has 0 amide bonds. The highest BCUT2D eigenvalue weighted by molar-refractivity contribution is 6.30. The van der Waals surface area contributed by atoms with Crippen LogP contribution in [0.2, 0.25) is 5.02 Å². The van der Waals surface area contributed by atoms with Crippen molar-refractivity contribution in [1.29, 1.82) is 0 Å². The highest BCUT2D eigenvalue weighted by atomic mass is 35.5. The van der Waals surface area contributed by atoms with Gasteiger partial charge in [0.05, 0.1) is 23.8 Å². The number of pyridine rings is 1. The van der Waals surface area contributed by atoms with E-state index in [1.54, 1.807) is 17.0 Å². The van der Waals surface area contributed by atoms with Crippen LogP contribution in [0.15, 0.2) is 65.5 Å². The van der Waals surface area contributed by atoms with Crippen molar-refractivity contribution in [3.63, 3.8) is 0 Å². The minimum atomic E-state index is -0.279. The molecule has 148 valence electrons. The van der Waals surface area contributed by atoms with E-state index in [4.69, 9.17) is 20.8 Å². The highest BCUT2D eigenvalue weighted by Crippen LogP contribution is 2.42. The molecule has 6 nitrogen and oxygen atoms in total. The average molecular weight is 409 g/mol. The number of anilines is 1. The Morgan fingerprint density at radius 2 is 1.93 bits per heavy atom. The first-order valence-corrected chi connectivity index (χ1v) is 10.1. The van der Waals surface area contributed by atoms with Crippen molar-refractivity contribution in [1.82, 2.24) is 14.6 Å². The maximum Gasteiger partial charge on any atom is 0.244 e. The number of nitrogens with one attached hydrogen (secondary N) is 1. The fourth-order valence-electron chi connectivity index (χ4n) is 4.06. The Balaban J connectivity index is 1.34. The zero-order valence-corrected chi connectivity index (χ0v) is 16.6. The second-order valence-corrected chi connectivity index (χ2v) is 7.74. The Bertz CT molecular complexity index is 1100. The lowest BCUT2D eigenvalue weighted by Gasteiger charge is -2.30. The number of fused-ring (bicyclic) bond motifs is 1. The lowest BCUT2D eigenvalue weighted by Crippen LogP contribution is -2.29. The molecule has 0 aliphatic heterocycles. The number of furan rings is 1. The van der Waals surface area contributed by atoms with Crippen LogP contribution in [0.25, 0.3) is 16.9 Å². The summed E-state index contributed by atoms with van der Waals surface area (Å²) < 4.78 is 13.4. The molecule has 3 heterocycles. The molecule has 0 spiro atoms. The highest BCUT2D eigenvalue weighted by Gasteiger charge is 2.36. The van der Waals surface area contributed by atoms with E-state index >= 15 is 0 Å². The Morgan fingerprint density at radius 3 is 2.69 bits per heavy atom. The number of hydrogen-bond donors (Lipinski definition) is 1. The lowest BCUT2D eigenvalue weighted by atomic mass is 9.92. The molecular formula is C22H21ClN4O2. The van der Waals surface area contributed by atoms with Crippen molar-refractivity contribution in [3.05, 3.63) is 71.6 Å². The van der Waals surface area contributed by atoms with Gasteiger partial charge in [-0.25, -0.2) is 4.52 Å². The van der Waals surface area contributed by atoms with Crippen LogP contribution in [0.3, 0.4) is 0 Å². The molecule has 0 atom stereocenters. The zero-order valence-electron chi connectivity index (χ0n) is 15.8. The fourth-order valence-corrected chi connectivity index (χ4v) is 4.19. The monoisotopic (exact) mass is 408 g/mol. The van der Waals surface area contributed by atoms with Crippen LogP contribution in [-0.4, -0.2) is 21.3 Å². The van der Waals surface area contributed by atoms with E-state index in [9.17, 15) is 0 Å². The van der Waals surface area contributed by atoms with Crippen molar-refractivity contribution in [2.75, 3.05) is 12.0 Å². The molecule has 1 aromatic carbocycles. The fraction of sp³-hybridized carbons (Fsp3) is 0.273. The summed E-state index contributed by atoms with van der Waals surface area (Å²) >= 11 is 6.06. The van der Waals surface area contributed by atoms with Gasteiger partial charge in [-0.1, -0.05) is 42.6 Å². The topological polar surface area (TPSA) is 64.6 Å². The normalized spacial score (nSPS) is 15.8. The molecule has 5 rings (SSSR count). The summed E-state index contributed by atoms with van der Waals surface area (Å²) in [4.78, 5) is 4.57. The first-order chi connectivity index (χ1) is 14.2. The number of halogens is 1. The predicted octanol–water partition coefficient (Wildman–Crippen LogP) is 5.50. The number of hydrogen-bond acceptors (Lipinski definition) is 5. The van der Waals surface area contributed by atoms with E-state index in [0.717, 1.165) is 47.6 Å². The van der Waals surface area contributed by atoms with Crippen molar-refractivity contribution in [3.8, 4) is 11.3 Å². The summed E-state index contributed by atoms with van der Waals surface area (Å²) in [5.41, 5.74) is 3.53. The van der Waals surface area contributed by atoms with Crippen molar-refractivity contribution in [2.24, 2.45) is 0 Å². The molecule has 29 heavy (non-hydrogen) atoms. The maximum absolute atomic E-state index is 6.36. The van der Waals surface area contributed by atoms with E-state index < -0.39 is 0 Å². The second kappa shape index (κ2) is 7.54. The van der Waals surface area contributed by atoms with Crippen LogP contribution in [0.4, 0.5) is 5.95 Å². The first-order valence-electron chi connectivity index (χ1n) is 9.76. The van der Waals surface area contributed by atoms with Gasteiger partial charge in [-0.15, -0.1) is 5.10 Å². The van der Waals surface area contributed by atoms with Crippen molar-refractivity contribution >= 4 is 23.2 Å². The summed E-state index contributed by atoms with van der Waals surface area (Å²) in [6, 6.07) is 15.8. The largest absolute Gasteiger partial charge is 0.472 e. The summed E-state index contributed by atoms with van der Waals surface area (Å²) in [7, 11) is 0. The minimum Gasteiger partial charge on any atom is -0.472 e. The average Bonchev–Trinajstić information content (AvgIpc) is 3.49. The molecule has 0 radical (unpaired) electrons. The van der Waals surface area contributed by atoms with Crippen molar-refractivity contribution < 1.29 is 9.15 Å². The predicted molar refractivity (Wildman–Crippen MR) is 112 cm³/mol. The van der Waals surface area contributed by atoms with Crippen LogP contribution in [0.1, 0.15) is 31.2 Å². The van der Waals surface area contributed by atoms with Crippen LogP contribution >= 0.6 is 11.6 Å². The molecule has 1 aliphatic carbocycles. The van der Waals surface area contributed by atoms with Crippen LogP contribution in [-0.2, 0) is 10.3 Å². The Hall–Kier alpha value is -2.83. The van der Waals surface area contributed by atoms with E-state index in [0.29, 0.717) is 12.7 Å². The molecule has 1 fully saturated rings. The third-order valence-electron chi connectivity index (χ3n) is 5.54. The van der Waals surface area contributed by atoms with Gasteiger partial charge >= 0.3 is 0 Å². The van der Waals surface area contributed by atoms with E-state index in [-0.39, 0.29) is 5.60 Å². The van der Waals surface area contributed by atoms with Gasteiger partial charge in [-0.05, 0) is 48.7 Å². The van der Waals surface area contributed by atoms with Gasteiger partial charge < -0.3 is 14.5 Å². The number of nitrogens with zero attached hydrogens (tertiary/aromatic N) is 3. The minimum absolute atomic E-state index is 0.279. The molecular weight excluding hydrogens is 388 g/mol. The number of aromatic nitrogens is 3. The van der Waals surface area contributed by atoms with Gasteiger partial charge in [0.2, 0.25) is 5.95 Å². The summed E-state index contributed by atoms with van der Waals surface area (Å²) in [6.45, 7) is 0.334. The van der Waals surface area contributed by atoms with Gasteiger partial charge in [-0.2, -0.15) is 4.98 Å². The van der Waals surface area contributed by atoms with Crippen molar-refractivity contribution in [2.45, 2.75) is 31.3 Å². The molecule has 0 unspecified atom stereocenters. The Kier molecular flexibility index (Phi) is 4.73. The van der Waals surface area contributed by atoms with Gasteiger partial charge in [0.1, 0.15) is 6.73 Å². The van der Waals surface area contributed by atoms with Crippen LogP contribution in [0.5, 0.6) is 0 Å². The first kappa shape index (κ1) is 18.2. The zero-order chi connectivity index (χ0) is 19.7. The number of ether oxygens (including phenoxy) is 1. The third kappa shape index (κ3) is 3.50. The van der Waals surface area contributed by atoms with Crippen LogP contribution < -0.4 is 5.32 Å². The Labute approximate surface area is 173 Å². The molecule has 3 aromatic heterocycles. The smallest absolute Gasteiger partial charge is 0.244 e. The van der Waals surface area contributed by atoms with Gasteiger partial charge in [-0.3, -0.25) is 0 Å². The number of benzene rings is 1. The number of rotatable bonds is 6. The quantitative estimate of drug-likeness (QED) is 0.427. The van der Waals surface area contributed by atoms with Crippen LogP contribution in [0, 0.1) is 0 Å². The van der Waals surface area contributed by atoms with Gasteiger partial charge in [0, 0.05) is 10.6 Å². The standard InChI is InChI=1S/C22H21ClN4O2/c23-18-8-6-17(7-9-18)22(11-1-2-12-22)29-15-24-21-25-20-5-3-4-19(27(20)26-21)16-10-13-28-14-16/h3-10,13-14H,1-2,11-12,15H2,(H,24,26). The SMILES string of the molecule is Clc1ccc(C2(OCNc3nc4cccc(-c5ccoc5)n4n3)CCCC2)cc1. The third-order valence-corrected chi connectivity index (χ3v) is 5.79. The second-order valence-electron chi connectivity index (χ2n) is 7.30. The molecule has 0 bridgehead atoms. The summed E-state index contributed by atoms with van der Waals surface area (Å²) in [5, 5.41) is 8.56. The van der Waals surface area contributed by atoms with E-state index in [2.05, 4.69) is 27.5 Å². The Morgan fingerprint density at radius 1 is 1.10 bits per heavy atom. The maximum atomic E-state index is 6.36. The van der Waals surface area contributed by atoms with Gasteiger partial charge in [0.15, 0.2) is 5.65 Å². The molecule has 1 aliphatic rings. The summed E-state index contributed by atoms with van der Waals surface area (Å²) in [6.07, 6.45) is 7.66. The van der Waals surface area contributed by atoms with E-state index in [1.165, 1.54) is 5.56 Å². The van der Waals surface area contributed by atoms with Gasteiger partial charge in [0.25, 0.3) is 0 Å². The van der Waals surface area contributed by atoms with E-state index in [1.807, 2.05) is 36.4 Å². The molecule has 4 aromatic rings. The molecule has 7 heteroatoms. The summed E-state index contributed by atoms with van der Waals surface area (Å²) in [5.74, 6) is 0.533. The molecule has 1 N–H and O–H groups in total. The lowest BCUT2D eigenvalue weighted by molar-refractivity contribution is -0.0364.